The van der Waals surface area contributed by atoms with Crippen LogP contribution in [0.3, 0.4) is 0 Å². The number of hydrogen-bond donors (Lipinski definition) is 4. The van der Waals surface area contributed by atoms with Gasteiger partial charge in [-0.2, -0.15) is 0 Å². The zero-order chi connectivity index (χ0) is 21.1. The van der Waals surface area contributed by atoms with Crippen molar-refractivity contribution in [2.75, 3.05) is 20.3 Å². The summed E-state index contributed by atoms with van der Waals surface area (Å²) >= 11 is 0. The Kier molecular flexibility index (Phi) is 8.52. The number of nitrogens with one attached hydrogen (secondary N) is 2. The second-order valence-electron chi connectivity index (χ2n) is 6.05. The fraction of sp³-hybridized carbons (Fsp3) is 0.238. The van der Waals surface area contributed by atoms with Gasteiger partial charge in [-0.15, -0.1) is 0 Å². The average molecular weight is 400 g/mol. The number of benzene rings is 2. The molecule has 0 aliphatic heterocycles. The molecule has 2 rings (SSSR count). The first-order valence-electron chi connectivity index (χ1n) is 9.04. The second-order valence-corrected chi connectivity index (χ2v) is 6.05. The Labute approximate surface area is 168 Å². The lowest BCUT2D eigenvalue weighted by molar-refractivity contribution is -0.124. The largest absolute Gasteiger partial charge is 0.507 e. The number of hydroxylamine groups is 1. The van der Waals surface area contributed by atoms with Crippen LogP contribution in [0.2, 0.25) is 0 Å². The number of phenolic OH excluding ortho intramolecular Hbond substituents is 1. The Hall–Kier alpha value is -3.52. The van der Waals surface area contributed by atoms with E-state index in [-0.39, 0.29) is 17.2 Å². The molecule has 0 radical (unpaired) electrons. The Morgan fingerprint density at radius 1 is 1.10 bits per heavy atom. The summed E-state index contributed by atoms with van der Waals surface area (Å²) in [6, 6.07) is 11.6. The van der Waals surface area contributed by atoms with Crippen molar-refractivity contribution in [2.24, 2.45) is 0 Å². The van der Waals surface area contributed by atoms with Crippen molar-refractivity contribution < 1.29 is 29.4 Å². The molecule has 8 heteroatoms. The van der Waals surface area contributed by atoms with E-state index in [1.54, 1.807) is 36.4 Å². The Morgan fingerprint density at radius 3 is 2.62 bits per heavy atom. The number of hydrogen-bond acceptors (Lipinski definition) is 6. The molecule has 0 atom stereocenters. The first-order valence-corrected chi connectivity index (χ1v) is 9.04. The van der Waals surface area contributed by atoms with Crippen LogP contribution in [0, 0.1) is 0 Å². The maximum atomic E-state index is 12.0. The van der Waals surface area contributed by atoms with Gasteiger partial charge in [-0.05, 0) is 48.7 Å². The van der Waals surface area contributed by atoms with Crippen LogP contribution in [0.1, 0.15) is 28.8 Å². The van der Waals surface area contributed by atoms with Crippen LogP contribution in [0.4, 0.5) is 0 Å². The minimum Gasteiger partial charge on any atom is -0.507 e. The van der Waals surface area contributed by atoms with Crippen LogP contribution in [0.25, 0.3) is 6.08 Å². The lowest BCUT2D eigenvalue weighted by Crippen LogP contribution is -2.24. The lowest BCUT2D eigenvalue weighted by Gasteiger charge is -2.11. The molecule has 0 aliphatic rings. The topological polar surface area (TPSA) is 117 Å². The van der Waals surface area contributed by atoms with Crippen LogP contribution in [0.5, 0.6) is 17.2 Å². The monoisotopic (exact) mass is 400 g/mol. The minimum atomic E-state index is -0.626. The summed E-state index contributed by atoms with van der Waals surface area (Å²) in [6.45, 7) is 0.898. The van der Waals surface area contributed by atoms with Crippen molar-refractivity contribution >= 4 is 17.9 Å². The van der Waals surface area contributed by atoms with Gasteiger partial charge >= 0.3 is 0 Å². The molecular weight excluding hydrogens is 376 g/mol. The van der Waals surface area contributed by atoms with E-state index in [4.69, 9.17) is 14.7 Å². The lowest BCUT2D eigenvalue weighted by atomic mass is 10.2. The first kappa shape index (κ1) is 21.8. The van der Waals surface area contributed by atoms with Gasteiger partial charge < -0.3 is 19.9 Å². The number of aromatic hydroxyl groups is 1. The molecule has 2 aromatic rings. The number of carbonyl (C=O) groups is 2. The molecule has 0 fully saturated rings. The summed E-state index contributed by atoms with van der Waals surface area (Å²) in [6.07, 6.45) is 4.14. The second kappa shape index (κ2) is 11.4. The van der Waals surface area contributed by atoms with E-state index in [0.29, 0.717) is 43.1 Å². The number of amides is 2. The molecule has 0 unspecified atom stereocenters. The molecule has 0 heterocycles. The molecular formula is C21H24N2O6. The van der Waals surface area contributed by atoms with E-state index in [1.807, 2.05) is 0 Å². The van der Waals surface area contributed by atoms with E-state index in [0.717, 1.165) is 0 Å². The number of para-hydroxylation sites is 1. The number of methoxy groups -OCH3 is 1. The molecule has 0 aliphatic carbocycles. The van der Waals surface area contributed by atoms with Crippen LogP contribution >= 0.6 is 0 Å². The van der Waals surface area contributed by atoms with Crippen molar-refractivity contribution in [3.8, 4) is 17.2 Å². The fourth-order valence-electron chi connectivity index (χ4n) is 2.49. The summed E-state index contributed by atoms with van der Waals surface area (Å²) in [5, 5.41) is 20.9. The highest BCUT2D eigenvalue weighted by molar-refractivity contribution is 5.96. The van der Waals surface area contributed by atoms with E-state index < -0.39 is 5.91 Å². The molecule has 0 saturated heterocycles. The molecule has 4 N–H and O–H groups in total. The van der Waals surface area contributed by atoms with Crippen LogP contribution < -0.4 is 20.3 Å². The van der Waals surface area contributed by atoms with E-state index >= 15 is 0 Å². The van der Waals surface area contributed by atoms with Gasteiger partial charge in [-0.3, -0.25) is 14.8 Å². The zero-order valence-corrected chi connectivity index (χ0v) is 16.1. The van der Waals surface area contributed by atoms with Gasteiger partial charge in [-0.25, -0.2) is 5.48 Å². The summed E-state index contributed by atoms with van der Waals surface area (Å²) < 4.78 is 11.0. The Bertz CT molecular complexity index is 866. The first-order chi connectivity index (χ1) is 14.0. The molecule has 2 aromatic carbocycles. The van der Waals surface area contributed by atoms with Crippen LogP contribution in [-0.2, 0) is 4.79 Å². The maximum Gasteiger partial charge on any atom is 0.267 e. The van der Waals surface area contributed by atoms with E-state index in [2.05, 4.69) is 5.32 Å². The predicted molar refractivity (Wildman–Crippen MR) is 107 cm³/mol. The molecule has 0 spiro atoms. The number of ether oxygens (including phenoxy) is 2. The highest BCUT2D eigenvalue weighted by Gasteiger charge is 2.09. The van der Waals surface area contributed by atoms with Gasteiger partial charge in [0.1, 0.15) is 5.75 Å². The summed E-state index contributed by atoms with van der Waals surface area (Å²) in [7, 11) is 1.52. The normalized spacial score (nSPS) is 10.6. The van der Waals surface area contributed by atoms with Crippen LogP contribution in [-0.4, -0.2) is 42.4 Å². The van der Waals surface area contributed by atoms with Crippen molar-refractivity contribution in [3.63, 3.8) is 0 Å². The zero-order valence-electron chi connectivity index (χ0n) is 16.1. The molecule has 0 saturated carbocycles. The molecule has 0 aromatic heterocycles. The fourth-order valence-corrected chi connectivity index (χ4v) is 2.49. The molecule has 154 valence electrons. The SMILES string of the molecule is COc1cc(/C=C/C(=O)NO)ccc1OCCCCNC(=O)c1ccccc1O. The summed E-state index contributed by atoms with van der Waals surface area (Å²) in [4.78, 5) is 23.0. The molecule has 2 amide bonds. The predicted octanol–water partition coefficient (Wildman–Crippen LogP) is 2.51. The van der Waals surface area contributed by atoms with E-state index in [9.17, 15) is 14.7 Å². The molecule has 29 heavy (non-hydrogen) atoms. The Morgan fingerprint density at radius 2 is 1.90 bits per heavy atom. The highest BCUT2D eigenvalue weighted by atomic mass is 16.5. The third-order valence-electron chi connectivity index (χ3n) is 3.99. The average Bonchev–Trinajstić information content (AvgIpc) is 2.74. The standard InChI is InChI=1S/C21H24N2O6/c1-28-19-14-15(9-11-20(25)23-27)8-10-18(19)29-13-5-4-12-22-21(26)16-6-2-3-7-17(16)24/h2-3,6-11,14,24,27H,4-5,12-13H2,1H3,(H,22,26)(H,23,25)/b11-9+. The van der Waals surface area contributed by atoms with Crippen molar-refractivity contribution in [1.82, 2.24) is 10.8 Å². The number of carbonyl (C=O) groups excluding carboxylic acids is 2. The van der Waals surface area contributed by atoms with Gasteiger partial charge in [0, 0.05) is 12.6 Å². The van der Waals surface area contributed by atoms with Crippen molar-refractivity contribution in [2.45, 2.75) is 12.8 Å². The van der Waals surface area contributed by atoms with Gasteiger partial charge in [0.2, 0.25) is 0 Å². The van der Waals surface area contributed by atoms with Crippen molar-refractivity contribution in [1.29, 1.82) is 0 Å². The third-order valence-corrected chi connectivity index (χ3v) is 3.99. The quantitative estimate of drug-likeness (QED) is 0.211. The summed E-state index contributed by atoms with van der Waals surface area (Å²) in [5.41, 5.74) is 2.48. The van der Waals surface area contributed by atoms with Crippen molar-refractivity contribution in [3.05, 3.63) is 59.7 Å². The Balaban J connectivity index is 1.76. The number of phenols is 1. The van der Waals surface area contributed by atoms with Gasteiger partial charge in [0.25, 0.3) is 11.8 Å². The molecule has 0 bridgehead atoms. The number of unbranched alkanes of at least 4 members (excludes halogenated alkanes) is 1. The molecule has 8 nitrogen and oxygen atoms in total. The smallest absolute Gasteiger partial charge is 0.267 e. The summed E-state index contributed by atoms with van der Waals surface area (Å²) in [5.74, 6) is 0.0951. The van der Waals surface area contributed by atoms with Gasteiger partial charge in [0.05, 0.1) is 19.3 Å². The highest BCUT2D eigenvalue weighted by Crippen LogP contribution is 2.28. The third kappa shape index (κ3) is 6.86. The maximum absolute atomic E-state index is 12.0. The van der Waals surface area contributed by atoms with Gasteiger partial charge in [0.15, 0.2) is 11.5 Å². The van der Waals surface area contributed by atoms with Gasteiger partial charge in [-0.1, -0.05) is 18.2 Å². The minimum absolute atomic E-state index is 0.0456. The number of rotatable bonds is 10. The van der Waals surface area contributed by atoms with Crippen LogP contribution in [0.15, 0.2) is 48.5 Å². The van der Waals surface area contributed by atoms with E-state index in [1.165, 1.54) is 30.8 Å².